The van der Waals surface area contributed by atoms with E-state index in [1.807, 2.05) is 0 Å². The van der Waals surface area contributed by atoms with Crippen LogP contribution in [0, 0.1) is 21.0 Å². The van der Waals surface area contributed by atoms with Gasteiger partial charge < -0.3 is 0 Å². The molecular weight excluding hydrogens is 391 g/mol. The molecule has 4 aromatic carbocycles. The molecule has 0 aromatic heterocycles. The zero-order valence-electron chi connectivity index (χ0n) is 13.3. The van der Waals surface area contributed by atoms with Gasteiger partial charge in [0, 0.05) is 0 Å². The van der Waals surface area contributed by atoms with E-state index in [0.29, 0.717) is 0 Å². The molecule has 0 aliphatic heterocycles. The van der Waals surface area contributed by atoms with Crippen LogP contribution in [-0.2, 0) is 0 Å². The second-order valence-corrected chi connectivity index (χ2v) is 8.78. The van der Waals surface area contributed by atoms with Gasteiger partial charge in [-0.3, -0.25) is 0 Å². The molecule has 0 aliphatic rings. The quantitative estimate of drug-likeness (QED) is 0.447. The first-order valence-corrected chi connectivity index (χ1v) is 10.0. The Morgan fingerprint density at radius 3 is 1.30 bits per heavy atom. The SMILES string of the molecule is Cc1ccc([I-]c2ccc(C)c3ccccc23)c2ccccc12. The topological polar surface area (TPSA) is 0 Å². The minimum absolute atomic E-state index is 0.201. The predicted octanol–water partition coefficient (Wildman–Crippen LogP) is 2.74. The summed E-state index contributed by atoms with van der Waals surface area (Å²) in [6.45, 7) is 4.40. The van der Waals surface area contributed by atoms with Crippen molar-refractivity contribution in [2.45, 2.75) is 13.8 Å². The van der Waals surface area contributed by atoms with E-state index >= 15 is 0 Å². The van der Waals surface area contributed by atoms with Crippen LogP contribution >= 0.6 is 0 Å². The third-order valence-corrected chi connectivity index (χ3v) is 7.42. The van der Waals surface area contributed by atoms with Crippen molar-refractivity contribution in [2.24, 2.45) is 0 Å². The molecule has 0 amide bonds. The van der Waals surface area contributed by atoms with Crippen molar-refractivity contribution >= 4 is 21.5 Å². The number of rotatable bonds is 2. The zero-order valence-corrected chi connectivity index (χ0v) is 15.5. The fourth-order valence-corrected chi connectivity index (χ4v) is 5.97. The summed E-state index contributed by atoms with van der Waals surface area (Å²) in [5.41, 5.74) is 2.73. The Labute approximate surface area is 147 Å². The van der Waals surface area contributed by atoms with E-state index in [2.05, 4.69) is 86.6 Å². The standard InChI is InChI=1S/C22H18I/c1-15-11-13-21(19-9-5-3-7-17(15)19)23-22-14-12-16(2)18-8-4-6-10-20(18)22/h3-14H,1-2H3/q-1. The first-order valence-electron chi connectivity index (χ1n) is 7.85. The molecule has 4 rings (SSSR count). The second kappa shape index (κ2) is 5.97. The van der Waals surface area contributed by atoms with E-state index in [4.69, 9.17) is 0 Å². The van der Waals surface area contributed by atoms with Gasteiger partial charge >= 0.3 is 148 Å². The van der Waals surface area contributed by atoms with Crippen LogP contribution in [0.25, 0.3) is 21.5 Å². The third-order valence-electron chi connectivity index (χ3n) is 4.38. The second-order valence-electron chi connectivity index (χ2n) is 5.91. The van der Waals surface area contributed by atoms with Gasteiger partial charge in [0.2, 0.25) is 0 Å². The molecule has 1 heteroatoms. The maximum atomic E-state index is 2.33. The van der Waals surface area contributed by atoms with Crippen LogP contribution in [0.5, 0.6) is 0 Å². The molecule has 0 bridgehead atoms. The van der Waals surface area contributed by atoms with Gasteiger partial charge in [-0.05, 0) is 0 Å². The minimum atomic E-state index is -0.201. The summed E-state index contributed by atoms with van der Waals surface area (Å²) in [5, 5.41) is 5.62. The van der Waals surface area contributed by atoms with Gasteiger partial charge in [0.15, 0.2) is 0 Å². The summed E-state index contributed by atoms with van der Waals surface area (Å²) in [7, 11) is 0. The van der Waals surface area contributed by atoms with Gasteiger partial charge in [0.1, 0.15) is 0 Å². The van der Waals surface area contributed by atoms with E-state index in [1.54, 1.807) is 0 Å². The summed E-state index contributed by atoms with van der Waals surface area (Å²) in [5.74, 6) is 0. The van der Waals surface area contributed by atoms with Crippen molar-refractivity contribution in [1.82, 2.24) is 0 Å². The Morgan fingerprint density at radius 2 is 0.870 bits per heavy atom. The number of benzene rings is 4. The van der Waals surface area contributed by atoms with E-state index in [0.717, 1.165) is 0 Å². The number of fused-ring (bicyclic) bond motifs is 2. The molecule has 0 saturated heterocycles. The number of hydrogen-bond donors (Lipinski definition) is 0. The third kappa shape index (κ3) is 2.63. The molecule has 0 radical (unpaired) electrons. The van der Waals surface area contributed by atoms with Gasteiger partial charge in [-0.15, -0.1) is 0 Å². The van der Waals surface area contributed by atoms with Crippen molar-refractivity contribution in [1.29, 1.82) is 0 Å². The van der Waals surface area contributed by atoms with Gasteiger partial charge in [-0.2, -0.15) is 0 Å². The molecule has 0 nitrogen and oxygen atoms in total. The Balaban J connectivity index is 1.89. The number of aryl methyl sites for hydroxylation is 2. The first kappa shape index (κ1) is 14.7. The van der Waals surface area contributed by atoms with E-state index in [9.17, 15) is 0 Å². The molecule has 0 atom stereocenters. The van der Waals surface area contributed by atoms with Gasteiger partial charge in [0.05, 0.1) is 0 Å². The summed E-state index contributed by atoms with van der Waals surface area (Å²) in [6.07, 6.45) is 0. The summed E-state index contributed by atoms with van der Waals surface area (Å²) >= 11 is -0.201. The number of hydrogen-bond acceptors (Lipinski definition) is 0. The molecule has 0 saturated carbocycles. The average molecular weight is 409 g/mol. The van der Waals surface area contributed by atoms with E-state index in [1.165, 1.54) is 39.8 Å². The molecule has 0 N–H and O–H groups in total. The Morgan fingerprint density at radius 1 is 0.478 bits per heavy atom. The van der Waals surface area contributed by atoms with E-state index in [-0.39, 0.29) is 21.2 Å². The normalized spacial score (nSPS) is 11.4. The summed E-state index contributed by atoms with van der Waals surface area (Å²) < 4.78 is 3.03. The molecule has 0 heterocycles. The summed E-state index contributed by atoms with van der Waals surface area (Å²) in [6, 6.07) is 26.8. The van der Waals surface area contributed by atoms with Gasteiger partial charge in [-0.25, -0.2) is 0 Å². The van der Waals surface area contributed by atoms with Crippen molar-refractivity contribution in [3.05, 3.63) is 91.1 Å². The van der Waals surface area contributed by atoms with Crippen molar-refractivity contribution in [3.63, 3.8) is 0 Å². The maximum absolute atomic E-state index is 2.33. The van der Waals surface area contributed by atoms with Crippen LogP contribution in [0.15, 0.2) is 72.8 Å². The summed E-state index contributed by atoms with van der Waals surface area (Å²) in [4.78, 5) is 0. The van der Waals surface area contributed by atoms with Crippen molar-refractivity contribution < 1.29 is 21.2 Å². The van der Waals surface area contributed by atoms with Crippen LogP contribution in [0.1, 0.15) is 11.1 Å². The van der Waals surface area contributed by atoms with Crippen LogP contribution < -0.4 is 21.2 Å². The Bertz CT molecular complexity index is 931. The molecule has 0 spiro atoms. The molecule has 4 aromatic rings. The predicted molar refractivity (Wildman–Crippen MR) is 94.8 cm³/mol. The Kier molecular flexibility index (Phi) is 3.82. The fourth-order valence-electron chi connectivity index (χ4n) is 3.10. The van der Waals surface area contributed by atoms with Crippen molar-refractivity contribution in [2.75, 3.05) is 0 Å². The Hall–Kier alpha value is -1.87. The molecule has 0 aliphatic carbocycles. The molecule has 0 fully saturated rings. The molecule has 114 valence electrons. The van der Waals surface area contributed by atoms with Crippen LogP contribution in [-0.4, -0.2) is 0 Å². The first-order chi connectivity index (χ1) is 11.2. The van der Waals surface area contributed by atoms with E-state index < -0.39 is 0 Å². The monoisotopic (exact) mass is 409 g/mol. The molecule has 0 unspecified atom stereocenters. The average Bonchev–Trinajstić information content (AvgIpc) is 2.60. The van der Waals surface area contributed by atoms with Crippen LogP contribution in [0.2, 0.25) is 0 Å². The van der Waals surface area contributed by atoms with Crippen molar-refractivity contribution in [3.8, 4) is 0 Å². The molecule has 23 heavy (non-hydrogen) atoms. The van der Waals surface area contributed by atoms with Crippen LogP contribution in [0.3, 0.4) is 0 Å². The van der Waals surface area contributed by atoms with Gasteiger partial charge in [-0.1, -0.05) is 0 Å². The van der Waals surface area contributed by atoms with Gasteiger partial charge in [0.25, 0.3) is 0 Å². The molecular formula is C22H18I-. The number of halogens is 1. The van der Waals surface area contributed by atoms with Crippen LogP contribution in [0.4, 0.5) is 0 Å². The zero-order chi connectivity index (χ0) is 15.8. The fraction of sp³-hybridized carbons (Fsp3) is 0.0909.